The topological polar surface area (TPSA) is 93.7 Å². The van der Waals surface area contributed by atoms with E-state index in [1.807, 2.05) is 0 Å². The average Bonchev–Trinajstić information content (AvgIpc) is 3.21. The Morgan fingerprint density at radius 2 is 2.23 bits per heavy atom. The van der Waals surface area contributed by atoms with Crippen molar-refractivity contribution in [2.45, 2.75) is 76.8 Å². The number of rotatable bonds is 7. The van der Waals surface area contributed by atoms with Crippen LogP contribution in [0.3, 0.4) is 0 Å². The van der Waals surface area contributed by atoms with Crippen molar-refractivity contribution in [2.24, 2.45) is 17.8 Å². The minimum atomic E-state index is -0.173. The molecule has 3 heterocycles. The minimum absolute atomic E-state index is 0.00780. The van der Waals surface area contributed by atoms with E-state index in [0.717, 1.165) is 45.4 Å². The molecule has 4 fully saturated rings. The first-order valence-electron chi connectivity index (χ1n) is 12.1. The maximum absolute atomic E-state index is 12.4. The molecule has 4 rings (SSSR count). The summed E-state index contributed by atoms with van der Waals surface area (Å²) < 4.78 is 18.4. The summed E-state index contributed by atoms with van der Waals surface area (Å²) in [5.41, 5.74) is -0.173. The number of nitrogens with one attached hydrogen (secondary N) is 1. The second kappa shape index (κ2) is 9.73. The number of hydrogen-bond acceptors (Lipinski definition) is 6. The summed E-state index contributed by atoms with van der Waals surface area (Å²) in [6.45, 7) is 11.4. The van der Waals surface area contributed by atoms with Gasteiger partial charge in [-0.05, 0) is 39.0 Å². The molecule has 1 saturated carbocycles. The van der Waals surface area contributed by atoms with Gasteiger partial charge in [-0.25, -0.2) is 0 Å². The third-order valence-electron chi connectivity index (χ3n) is 7.57. The van der Waals surface area contributed by atoms with E-state index in [-0.39, 0.29) is 60.2 Å². The Kier molecular flexibility index (Phi) is 7.20. The number of quaternary nitrogens is 1. The van der Waals surface area contributed by atoms with Crippen molar-refractivity contribution in [3.8, 4) is 0 Å². The van der Waals surface area contributed by atoms with Crippen LogP contribution in [-0.2, 0) is 23.8 Å². The zero-order chi connectivity index (χ0) is 22.0. The fraction of sp³-hybridized carbons (Fsp3) is 0.913. The normalized spacial score (nSPS) is 37.6. The van der Waals surface area contributed by atoms with Gasteiger partial charge >= 0.3 is 5.97 Å². The van der Waals surface area contributed by atoms with Gasteiger partial charge in [-0.3, -0.25) is 14.5 Å². The molecule has 31 heavy (non-hydrogen) atoms. The summed E-state index contributed by atoms with van der Waals surface area (Å²) >= 11 is 0. The maximum Gasteiger partial charge on any atom is 0.306 e. The van der Waals surface area contributed by atoms with Crippen molar-refractivity contribution in [3.05, 3.63) is 0 Å². The van der Waals surface area contributed by atoms with E-state index in [9.17, 15) is 9.59 Å². The molecular weight excluding hydrogens is 398 g/mol. The first-order chi connectivity index (χ1) is 14.8. The number of fused-ring (bicyclic) bond motifs is 3. The SMILES string of the molecule is CC1CC(=O)OC2C3CCC(C)(C)OC3CC(OCC(=O)NCCCN3CC[NH2+]C3)C12. The summed E-state index contributed by atoms with van der Waals surface area (Å²) in [4.78, 5) is 27.0. The molecule has 0 aromatic rings. The molecule has 3 aliphatic heterocycles. The summed E-state index contributed by atoms with van der Waals surface area (Å²) in [5, 5.41) is 5.29. The Morgan fingerprint density at radius 3 is 3.00 bits per heavy atom. The van der Waals surface area contributed by atoms with Crippen LogP contribution in [0.25, 0.3) is 0 Å². The highest BCUT2D eigenvalue weighted by molar-refractivity contribution is 5.77. The van der Waals surface area contributed by atoms with Crippen LogP contribution < -0.4 is 10.6 Å². The van der Waals surface area contributed by atoms with Gasteiger partial charge in [0.05, 0.1) is 30.9 Å². The molecule has 3 N–H and O–H groups in total. The summed E-state index contributed by atoms with van der Waals surface area (Å²) in [5.74, 6) is 0.347. The first-order valence-corrected chi connectivity index (χ1v) is 12.1. The van der Waals surface area contributed by atoms with Crippen molar-refractivity contribution < 1.29 is 29.1 Å². The molecule has 4 aliphatic rings. The number of ether oxygens (including phenoxy) is 3. The Morgan fingerprint density at radius 1 is 1.39 bits per heavy atom. The molecule has 6 atom stereocenters. The molecule has 0 aromatic heterocycles. The largest absolute Gasteiger partial charge is 0.462 e. The van der Waals surface area contributed by atoms with E-state index < -0.39 is 0 Å². The van der Waals surface area contributed by atoms with Crippen LogP contribution in [0.15, 0.2) is 0 Å². The van der Waals surface area contributed by atoms with Gasteiger partial charge in [0.15, 0.2) is 0 Å². The van der Waals surface area contributed by atoms with Gasteiger partial charge in [0.1, 0.15) is 19.4 Å². The van der Waals surface area contributed by atoms with Crippen molar-refractivity contribution in [2.75, 3.05) is 39.5 Å². The lowest BCUT2D eigenvalue weighted by Gasteiger charge is -2.54. The van der Waals surface area contributed by atoms with Gasteiger partial charge < -0.3 is 24.8 Å². The van der Waals surface area contributed by atoms with Crippen LogP contribution >= 0.6 is 0 Å². The first kappa shape index (κ1) is 23.0. The van der Waals surface area contributed by atoms with Crippen molar-refractivity contribution in [3.63, 3.8) is 0 Å². The summed E-state index contributed by atoms with van der Waals surface area (Å²) in [6.07, 6.45) is 3.81. The Hall–Kier alpha value is -1.22. The van der Waals surface area contributed by atoms with Gasteiger partial charge in [-0.15, -0.1) is 0 Å². The Bertz CT molecular complexity index is 651. The molecule has 0 radical (unpaired) electrons. The van der Waals surface area contributed by atoms with E-state index in [1.165, 1.54) is 6.54 Å². The molecule has 1 aliphatic carbocycles. The highest BCUT2D eigenvalue weighted by Crippen LogP contribution is 2.48. The van der Waals surface area contributed by atoms with Gasteiger partial charge in [-0.2, -0.15) is 0 Å². The predicted octanol–water partition coefficient (Wildman–Crippen LogP) is 0.260. The molecular formula is C23H40N3O5+. The van der Waals surface area contributed by atoms with Crippen LogP contribution in [0, 0.1) is 17.8 Å². The van der Waals surface area contributed by atoms with Crippen molar-refractivity contribution in [1.29, 1.82) is 0 Å². The number of carbonyl (C=O) groups excluding carboxylic acids is 2. The molecule has 6 unspecified atom stereocenters. The van der Waals surface area contributed by atoms with Crippen LogP contribution in [0.5, 0.6) is 0 Å². The van der Waals surface area contributed by atoms with Crippen molar-refractivity contribution in [1.82, 2.24) is 10.2 Å². The van der Waals surface area contributed by atoms with Crippen LogP contribution in [-0.4, -0.2) is 80.1 Å². The van der Waals surface area contributed by atoms with Gasteiger partial charge in [0.2, 0.25) is 5.91 Å². The van der Waals surface area contributed by atoms with Crippen LogP contribution in [0.2, 0.25) is 0 Å². The van der Waals surface area contributed by atoms with E-state index >= 15 is 0 Å². The Labute approximate surface area is 185 Å². The predicted molar refractivity (Wildman–Crippen MR) is 114 cm³/mol. The average molecular weight is 439 g/mol. The second-order valence-corrected chi connectivity index (χ2v) is 10.5. The highest BCUT2D eigenvalue weighted by atomic mass is 16.6. The molecule has 8 heteroatoms. The van der Waals surface area contributed by atoms with E-state index in [2.05, 4.69) is 36.3 Å². The third-order valence-corrected chi connectivity index (χ3v) is 7.57. The standard InChI is InChI=1S/C23H39N3O5/c1-15-11-20(28)30-22-16-5-6-23(2,3)31-17(16)12-18(21(15)22)29-13-19(27)25-7-4-9-26-10-8-24-14-26/h15-18,21-22,24H,4-14H2,1-3H3,(H,25,27)/p+1. The fourth-order valence-electron chi connectivity index (χ4n) is 5.98. The van der Waals surface area contributed by atoms with E-state index in [0.29, 0.717) is 13.0 Å². The number of nitrogens with zero attached hydrogens (tertiary/aromatic N) is 1. The smallest absolute Gasteiger partial charge is 0.306 e. The molecule has 3 saturated heterocycles. The van der Waals surface area contributed by atoms with Gasteiger partial charge in [-0.1, -0.05) is 6.92 Å². The summed E-state index contributed by atoms with van der Waals surface area (Å²) in [7, 11) is 0. The highest BCUT2D eigenvalue weighted by Gasteiger charge is 2.54. The number of amides is 1. The summed E-state index contributed by atoms with van der Waals surface area (Å²) in [6, 6.07) is 0. The number of esters is 1. The van der Waals surface area contributed by atoms with Gasteiger partial charge in [0.25, 0.3) is 0 Å². The second-order valence-electron chi connectivity index (χ2n) is 10.5. The van der Waals surface area contributed by atoms with E-state index in [1.54, 1.807) is 0 Å². The zero-order valence-corrected chi connectivity index (χ0v) is 19.3. The molecule has 0 bridgehead atoms. The lowest BCUT2D eigenvalue weighted by Crippen LogP contribution is -2.82. The molecule has 176 valence electrons. The van der Waals surface area contributed by atoms with E-state index in [4.69, 9.17) is 14.2 Å². The molecule has 8 nitrogen and oxygen atoms in total. The Balaban J connectivity index is 1.30. The lowest BCUT2D eigenvalue weighted by atomic mass is 9.65. The van der Waals surface area contributed by atoms with Crippen molar-refractivity contribution >= 4 is 11.9 Å². The lowest BCUT2D eigenvalue weighted by molar-refractivity contribution is -0.642. The monoisotopic (exact) mass is 438 g/mol. The van der Waals surface area contributed by atoms with Gasteiger partial charge in [0, 0.05) is 37.8 Å². The minimum Gasteiger partial charge on any atom is -0.462 e. The number of carbonyl (C=O) groups is 2. The molecule has 0 aromatic carbocycles. The zero-order valence-electron chi connectivity index (χ0n) is 19.3. The third kappa shape index (κ3) is 5.59. The van der Waals surface area contributed by atoms with Crippen LogP contribution in [0.1, 0.15) is 52.9 Å². The quantitative estimate of drug-likeness (QED) is 0.438. The number of nitrogens with two attached hydrogens (primary N) is 1. The van der Waals surface area contributed by atoms with Crippen LogP contribution in [0.4, 0.5) is 0 Å². The maximum atomic E-state index is 12.4. The number of hydrogen-bond donors (Lipinski definition) is 2. The molecule has 0 spiro atoms. The molecule has 1 amide bonds. The fourth-order valence-corrected chi connectivity index (χ4v) is 5.98.